The summed E-state index contributed by atoms with van der Waals surface area (Å²) in [4.78, 5) is 13.0. The van der Waals surface area contributed by atoms with E-state index in [1.807, 2.05) is 0 Å². The van der Waals surface area contributed by atoms with Crippen LogP contribution < -0.4 is 10.1 Å². The third-order valence-corrected chi connectivity index (χ3v) is 3.89. The molecule has 1 aliphatic heterocycles. The van der Waals surface area contributed by atoms with E-state index in [0.29, 0.717) is 5.88 Å². The van der Waals surface area contributed by atoms with E-state index in [4.69, 9.17) is 4.74 Å². The van der Waals surface area contributed by atoms with Crippen LogP contribution in [0.15, 0.2) is 6.33 Å². The number of fused-ring (bicyclic) bond motifs is 1. The normalized spacial score (nSPS) is 19.6. The molecule has 2 aromatic heterocycles. The fourth-order valence-corrected chi connectivity index (χ4v) is 2.95. The van der Waals surface area contributed by atoms with E-state index in [0.717, 1.165) is 41.1 Å². The van der Waals surface area contributed by atoms with Crippen molar-refractivity contribution in [3.05, 3.63) is 10.2 Å². The number of aryl methyl sites for hydroxylation is 1. The number of aromatic nitrogens is 4. The average Bonchev–Trinajstić information content (AvgIpc) is 2.96. The van der Waals surface area contributed by atoms with E-state index in [1.54, 1.807) is 6.33 Å². The van der Waals surface area contributed by atoms with E-state index in [9.17, 15) is 0 Å². The van der Waals surface area contributed by atoms with Gasteiger partial charge in [0.25, 0.3) is 0 Å². The number of hydrogen-bond acceptors (Lipinski definition) is 5. The predicted octanol–water partition coefficient (Wildman–Crippen LogP) is 1.19. The largest absolute Gasteiger partial charge is 0.471 e. The number of hydrogen-bond donors (Lipinski definition) is 1. The summed E-state index contributed by atoms with van der Waals surface area (Å²) in [6.07, 6.45) is 2.74. The zero-order valence-corrected chi connectivity index (χ0v) is 12.2. The molecule has 7 heteroatoms. The Bertz CT molecular complexity index is 564. The lowest BCUT2D eigenvalue weighted by Gasteiger charge is -2.11. The van der Waals surface area contributed by atoms with E-state index in [-0.39, 0.29) is 6.10 Å². The number of rotatable bonds is 3. The SMILES string of the molecule is CCn1c(I)nc2c(OC3CCNC3)ncnc21. The average molecular weight is 359 g/mol. The Morgan fingerprint density at radius 2 is 2.44 bits per heavy atom. The Kier molecular flexibility index (Phi) is 3.33. The molecule has 1 N–H and O–H groups in total. The maximum atomic E-state index is 5.91. The number of ether oxygens (including phenoxy) is 1. The van der Waals surface area contributed by atoms with Crippen molar-refractivity contribution in [2.45, 2.75) is 26.0 Å². The topological polar surface area (TPSA) is 64.9 Å². The molecule has 0 bridgehead atoms. The molecule has 1 saturated heterocycles. The molecule has 18 heavy (non-hydrogen) atoms. The summed E-state index contributed by atoms with van der Waals surface area (Å²) in [6.45, 7) is 4.79. The lowest BCUT2D eigenvalue weighted by atomic mass is 10.3. The molecule has 6 nitrogen and oxygen atoms in total. The van der Waals surface area contributed by atoms with Crippen LogP contribution in [0.3, 0.4) is 0 Å². The van der Waals surface area contributed by atoms with Gasteiger partial charge in [-0.2, -0.15) is 4.98 Å². The first-order valence-electron chi connectivity index (χ1n) is 6.03. The van der Waals surface area contributed by atoms with Crippen molar-refractivity contribution >= 4 is 33.8 Å². The van der Waals surface area contributed by atoms with Crippen LogP contribution in [0.4, 0.5) is 0 Å². The van der Waals surface area contributed by atoms with Crippen LogP contribution in [0.1, 0.15) is 13.3 Å². The molecule has 1 fully saturated rings. The van der Waals surface area contributed by atoms with Crippen LogP contribution in [0.2, 0.25) is 0 Å². The van der Waals surface area contributed by atoms with E-state index in [1.165, 1.54) is 0 Å². The molecular weight excluding hydrogens is 345 g/mol. The Morgan fingerprint density at radius 1 is 1.56 bits per heavy atom. The second-order valence-electron chi connectivity index (χ2n) is 4.21. The van der Waals surface area contributed by atoms with Gasteiger partial charge in [-0.05, 0) is 19.9 Å². The van der Waals surface area contributed by atoms with Crippen LogP contribution in [0.5, 0.6) is 5.88 Å². The second-order valence-corrected chi connectivity index (χ2v) is 5.17. The number of nitrogens with one attached hydrogen (secondary N) is 1. The van der Waals surface area contributed by atoms with Crippen LogP contribution in [-0.4, -0.2) is 38.7 Å². The maximum absolute atomic E-state index is 5.91. The van der Waals surface area contributed by atoms with Gasteiger partial charge < -0.3 is 14.6 Å². The molecule has 1 aliphatic rings. The standard InChI is InChI=1S/C11H14IN5O/c1-2-17-9-8(16-11(17)12)10(15-6-14-9)18-7-3-4-13-5-7/h6-7,13H,2-5H2,1H3. The van der Waals surface area contributed by atoms with Crippen LogP contribution in [-0.2, 0) is 6.54 Å². The summed E-state index contributed by atoms with van der Waals surface area (Å²) in [6, 6.07) is 0. The molecule has 0 saturated carbocycles. The van der Waals surface area contributed by atoms with Gasteiger partial charge in [0.15, 0.2) is 15.0 Å². The van der Waals surface area contributed by atoms with Crippen LogP contribution >= 0.6 is 22.6 Å². The molecule has 0 radical (unpaired) electrons. The summed E-state index contributed by atoms with van der Waals surface area (Å²) >= 11 is 2.21. The molecule has 2 aromatic rings. The smallest absolute Gasteiger partial charge is 0.245 e. The van der Waals surface area contributed by atoms with Gasteiger partial charge >= 0.3 is 0 Å². The van der Waals surface area contributed by atoms with Gasteiger partial charge in [-0.3, -0.25) is 0 Å². The first-order chi connectivity index (χ1) is 8.79. The Hall–Kier alpha value is -0.960. The summed E-state index contributed by atoms with van der Waals surface area (Å²) in [7, 11) is 0. The minimum absolute atomic E-state index is 0.188. The van der Waals surface area contributed by atoms with Crippen LogP contribution in [0, 0.1) is 3.83 Å². The van der Waals surface area contributed by atoms with Crippen molar-refractivity contribution < 1.29 is 4.74 Å². The third-order valence-electron chi connectivity index (χ3n) is 3.06. The summed E-state index contributed by atoms with van der Waals surface area (Å²) in [5.41, 5.74) is 1.61. The minimum atomic E-state index is 0.188. The molecule has 3 rings (SSSR count). The quantitative estimate of drug-likeness (QED) is 0.659. The summed E-state index contributed by atoms with van der Waals surface area (Å²) < 4.78 is 8.88. The number of halogens is 1. The van der Waals surface area contributed by atoms with E-state index < -0.39 is 0 Å². The van der Waals surface area contributed by atoms with Crippen molar-refractivity contribution in [2.75, 3.05) is 13.1 Å². The van der Waals surface area contributed by atoms with Gasteiger partial charge in [0.2, 0.25) is 5.88 Å². The van der Waals surface area contributed by atoms with E-state index >= 15 is 0 Å². The molecule has 1 unspecified atom stereocenters. The summed E-state index contributed by atoms with van der Waals surface area (Å²) in [5.74, 6) is 0.596. The number of imidazole rings is 1. The van der Waals surface area contributed by atoms with Crippen molar-refractivity contribution in [1.29, 1.82) is 0 Å². The van der Waals surface area contributed by atoms with Gasteiger partial charge in [-0.1, -0.05) is 0 Å². The zero-order valence-electron chi connectivity index (χ0n) is 10.1. The van der Waals surface area contributed by atoms with Crippen molar-refractivity contribution in [3.63, 3.8) is 0 Å². The highest BCUT2D eigenvalue weighted by Crippen LogP contribution is 2.24. The highest BCUT2D eigenvalue weighted by atomic mass is 127. The Labute approximate surface area is 118 Å². The van der Waals surface area contributed by atoms with Crippen molar-refractivity contribution in [1.82, 2.24) is 24.8 Å². The van der Waals surface area contributed by atoms with E-state index in [2.05, 4.69) is 54.4 Å². The van der Waals surface area contributed by atoms with Gasteiger partial charge in [-0.15, -0.1) is 0 Å². The molecular formula is C11H14IN5O. The highest BCUT2D eigenvalue weighted by Gasteiger charge is 2.20. The molecule has 0 aliphatic carbocycles. The maximum Gasteiger partial charge on any atom is 0.245 e. The molecule has 96 valence electrons. The third kappa shape index (κ3) is 2.05. The van der Waals surface area contributed by atoms with Gasteiger partial charge in [-0.25, -0.2) is 9.97 Å². The summed E-state index contributed by atoms with van der Waals surface area (Å²) in [5, 5.41) is 3.27. The van der Waals surface area contributed by atoms with Crippen molar-refractivity contribution in [2.24, 2.45) is 0 Å². The van der Waals surface area contributed by atoms with Gasteiger partial charge in [0.05, 0.1) is 0 Å². The Morgan fingerprint density at radius 3 is 3.17 bits per heavy atom. The fraction of sp³-hybridized carbons (Fsp3) is 0.545. The monoisotopic (exact) mass is 359 g/mol. The predicted molar refractivity (Wildman–Crippen MR) is 75.6 cm³/mol. The minimum Gasteiger partial charge on any atom is -0.471 e. The molecule has 0 aromatic carbocycles. The molecule has 1 atom stereocenters. The van der Waals surface area contributed by atoms with Crippen molar-refractivity contribution in [3.8, 4) is 5.88 Å². The zero-order chi connectivity index (χ0) is 12.5. The number of nitrogens with zero attached hydrogens (tertiary/aromatic N) is 4. The fourth-order valence-electron chi connectivity index (χ4n) is 2.14. The van der Waals surface area contributed by atoms with Gasteiger partial charge in [0.1, 0.15) is 12.4 Å². The molecule has 0 spiro atoms. The molecule has 0 amide bonds. The van der Waals surface area contributed by atoms with Gasteiger partial charge in [0, 0.05) is 35.7 Å². The lowest BCUT2D eigenvalue weighted by Crippen LogP contribution is -2.20. The lowest BCUT2D eigenvalue weighted by molar-refractivity contribution is 0.216. The van der Waals surface area contributed by atoms with Crippen LogP contribution in [0.25, 0.3) is 11.2 Å². The first kappa shape index (κ1) is 12.1. The highest BCUT2D eigenvalue weighted by molar-refractivity contribution is 14.1. The second kappa shape index (κ2) is 4.96. The molecule has 3 heterocycles. The first-order valence-corrected chi connectivity index (χ1v) is 7.11. The Balaban J connectivity index is 2.01.